The number of nitrogens with zero attached hydrogens (tertiary/aromatic N) is 1. The number of carbonyl (C=O) groups is 1. The van der Waals surface area contributed by atoms with E-state index in [1.807, 2.05) is 47.4 Å². The second-order valence-electron chi connectivity index (χ2n) is 5.57. The Labute approximate surface area is 139 Å². The number of halogens is 1. The number of rotatable bonds is 3. The fourth-order valence-corrected chi connectivity index (χ4v) is 3.46. The molecule has 0 aromatic heterocycles. The van der Waals surface area contributed by atoms with E-state index in [1.165, 1.54) is 0 Å². The number of carbonyl (C=O) groups excluding carboxylic acids is 1. The topological polar surface area (TPSA) is 29.5 Å². The molecule has 1 aliphatic heterocycles. The van der Waals surface area contributed by atoms with Crippen molar-refractivity contribution in [1.82, 2.24) is 4.90 Å². The van der Waals surface area contributed by atoms with Crippen LogP contribution in [-0.2, 0) is 0 Å². The highest BCUT2D eigenvalue weighted by atomic mass is 79.9. The molecule has 0 saturated heterocycles. The molecule has 0 N–H and O–H groups in total. The highest BCUT2D eigenvalue weighted by Crippen LogP contribution is 2.40. The maximum Gasteiger partial charge on any atom is 0.255 e. The van der Waals surface area contributed by atoms with Crippen molar-refractivity contribution in [2.75, 3.05) is 7.11 Å². The number of hydrogen-bond acceptors (Lipinski definition) is 2. The molecular formula is C18H18BrNO2. The number of fused-ring (bicyclic) bond motifs is 1. The minimum absolute atomic E-state index is 0.0135. The van der Waals surface area contributed by atoms with Gasteiger partial charge in [-0.3, -0.25) is 4.79 Å². The average molecular weight is 360 g/mol. The van der Waals surface area contributed by atoms with Crippen LogP contribution in [0.4, 0.5) is 0 Å². The molecule has 0 spiro atoms. The summed E-state index contributed by atoms with van der Waals surface area (Å²) in [7, 11) is 1.65. The smallest absolute Gasteiger partial charge is 0.255 e. The quantitative estimate of drug-likeness (QED) is 0.792. The van der Waals surface area contributed by atoms with Crippen molar-refractivity contribution in [2.24, 2.45) is 0 Å². The molecule has 1 heterocycles. The second kappa shape index (κ2) is 5.76. The molecule has 1 aliphatic rings. The van der Waals surface area contributed by atoms with Gasteiger partial charge in [-0.25, -0.2) is 0 Å². The highest BCUT2D eigenvalue weighted by Gasteiger charge is 2.37. The van der Waals surface area contributed by atoms with Gasteiger partial charge in [-0.2, -0.15) is 0 Å². The molecular weight excluding hydrogens is 342 g/mol. The Bertz CT molecular complexity index is 712. The molecule has 2 aromatic rings. The summed E-state index contributed by atoms with van der Waals surface area (Å²) in [6.07, 6.45) is 0. The van der Waals surface area contributed by atoms with Crippen molar-refractivity contribution in [2.45, 2.75) is 25.9 Å². The van der Waals surface area contributed by atoms with Gasteiger partial charge in [-0.15, -0.1) is 0 Å². The highest BCUT2D eigenvalue weighted by molar-refractivity contribution is 9.10. The van der Waals surface area contributed by atoms with Crippen LogP contribution in [0.15, 0.2) is 46.9 Å². The first kappa shape index (κ1) is 15.1. The summed E-state index contributed by atoms with van der Waals surface area (Å²) in [6.45, 7) is 4.15. The molecule has 1 amide bonds. The van der Waals surface area contributed by atoms with Crippen molar-refractivity contribution >= 4 is 21.8 Å². The van der Waals surface area contributed by atoms with Crippen LogP contribution in [0.2, 0.25) is 0 Å². The van der Waals surface area contributed by atoms with Gasteiger partial charge in [0.15, 0.2) is 0 Å². The first-order chi connectivity index (χ1) is 10.5. The Kier molecular flexibility index (Phi) is 3.96. The van der Waals surface area contributed by atoms with E-state index in [-0.39, 0.29) is 18.0 Å². The zero-order valence-corrected chi connectivity index (χ0v) is 14.4. The number of methoxy groups -OCH3 is 1. The monoisotopic (exact) mass is 359 g/mol. The van der Waals surface area contributed by atoms with E-state index in [9.17, 15) is 4.79 Å². The third kappa shape index (κ3) is 2.41. The zero-order valence-electron chi connectivity index (χ0n) is 12.8. The lowest BCUT2D eigenvalue weighted by molar-refractivity contribution is 0.0659. The summed E-state index contributed by atoms with van der Waals surface area (Å²) in [4.78, 5) is 14.7. The van der Waals surface area contributed by atoms with Gasteiger partial charge in [0.2, 0.25) is 0 Å². The summed E-state index contributed by atoms with van der Waals surface area (Å²) in [5, 5.41) is 0. The molecule has 2 unspecified atom stereocenters. The van der Waals surface area contributed by atoms with E-state index in [0.717, 1.165) is 26.9 Å². The summed E-state index contributed by atoms with van der Waals surface area (Å²) >= 11 is 3.45. The first-order valence-electron chi connectivity index (χ1n) is 7.29. The van der Waals surface area contributed by atoms with Crippen LogP contribution in [0, 0.1) is 0 Å². The zero-order chi connectivity index (χ0) is 15.9. The van der Waals surface area contributed by atoms with E-state index < -0.39 is 0 Å². The number of hydrogen-bond donors (Lipinski definition) is 0. The van der Waals surface area contributed by atoms with Gasteiger partial charge in [0.05, 0.1) is 19.2 Å². The maximum absolute atomic E-state index is 12.8. The minimum atomic E-state index is 0.0135. The van der Waals surface area contributed by atoms with Crippen LogP contribution in [0.1, 0.15) is 47.4 Å². The van der Waals surface area contributed by atoms with Gasteiger partial charge in [-0.05, 0) is 49.2 Å². The predicted molar refractivity (Wildman–Crippen MR) is 90.1 cm³/mol. The van der Waals surface area contributed by atoms with Crippen LogP contribution in [0.25, 0.3) is 0 Å². The van der Waals surface area contributed by atoms with Gasteiger partial charge in [0.1, 0.15) is 5.75 Å². The molecule has 0 fully saturated rings. The fraction of sp³-hybridized carbons (Fsp3) is 0.278. The number of ether oxygens (including phenoxy) is 1. The van der Waals surface area contributed by atoms with Crippen LogP contribution >= 0.6 is 15.9 Å². The second-order valence-corrected chi connectivity index (χ2v) is 6.48. The Hall–Kier alpha value is -1.81. The lowest BCUT2D eigenvalue weighted by Gasteiger charge is -2.29. The van der Waals surface area contributed by atoms with Crippen LogP contribution in [-0.4, -0.2) is 17.9 Å². The summed E-state index contributed by atoms with van der Waals surface area (Å²) in [6, 6.07) is 13.9. The Morgan fingerprint density at radius 3 is 2.50 bits per heavy atom. The van der Waals surface area contributed by atoms with Crippen molar-refractivity contribution in [3.05, 3.63) is 63.6 Å². The lowest BCUT2D eigenvalue weighted by Crippen LogP contribution is -2.29. The third-order valence-electron chi connectivity index (χ3n) is 4.36. The predicted octanol–water partition coefficient (Wildman–Crippen LogP) is 4.74. The standard InChI is InChI=1S/C18H18BrNO2/c1-11(13-4-7-15(22-3)8-5-13)20-12(2)16-9-6-14(19)10-17(16)18(20)21/h4-12H,1-3H3. The molecule has 2 aromatic carbocycles. The molecule has 4 heteroatoms. The maximum atomic E-state index is 12.8. The Morgan fingerprint density at radius 1 is 1.18 bits per heavy atom. The minimum Gasteiger partial charge on any atom is -0.497 e. The molecule has 0 saturated carbocycles. The van der Waals surface area contributed by atoms with Gasteiger partial charge in [0, 0.05) is 10.0 Å². The van der Waals surface area contributed by atoms with Crippen molar-refractivity contribution < 1.29 is 9.53 Å². The molecule has 2 atom stereocenters. The molecule has 22 heavy (non-hydrogen) atoms. The summed E-state index contributed by atoms with van der Waals surface area (Å²) in [5.41, 5.74) is 2.99. The van der Waals surface area contributed by atoms with E-state index in [2.05, 4.69) is 29.8 Å². The van der Waals surface area contributed by atoms with Gasteiger partial charge >= 0.3 is 0 Å². The van der Waals surface area contributed by atoms with Crippen LogP contribution in [0.3, 0.4) is 0 Å². The van der Waals surface area contributed by atoms with Crippen molar-refractivity contribution in [3.63, 3.8) is 0 Å². The molecule has 3 nitrogen and oxygen atoms in total. The third-order valence-corrected chi connectivity index (χ3v) is 4.86. The van der Waals surface area contributed by atoms with Crippen molar-refractivity contribution in [1.29, 1.82) is 0 Å². The van der Waals surface area contributed by atoms with E-state index in [4.69, 9.17) is 4.74 Å². The van der Waals surface area contributed by atoms with Gasteiger partial charge in [0.25, 0.3) is 5.91 Å². The Balaban J connectivity index is 1.93. The Morgan fingerprint density at radius 2 is 1.86 bits per heavy atom. The summed E-state index contributed by atoms with van der Waals surface area (Å²) < 4.78 is 6.13. The van der Waals surface area contributed by atoms with E-state index in [0.29, 0.717) is 0 Å². The number of amides is 1. The average Bonchev–Trinajstić information content (AvgIpc) is 2.78. The molecule has 0 aliphatic carbocycles. The number of benzene rings is 2. The van der Waals surface area contributed by atoms with Crippen LogP contribution < -0.4 is 4.74 Å². The van der Waals surface area contributed by atoms with Gasteiger partial charge < -0.3 is 9.64 Å². The summed E-state index contributed by atoms with van der Waals surface area (Å²) in [5.74, 6) is 0.913. The SMILES string of the molecule is COc1ccc(C(C)N2C(=O)c3cc(Br)ccc3C2C)cc1. The molecule has 0 radical (unpaired) electrons. The fourth-order valence-electron chi connectivity index (χ4n) is 3.10. The molecule has 0 bridgehead atoms. The van der Waals surface area contributed by atoms with E-state index >= 15 is 0 Å². The molecule has 114 valence electrons. The lowest BCUT2D eigenvalue weighted by atomic mass is 10.0. The van der Waals surface area contributed by atoms with Crippen LogP contribution in [0.5, 0.6) is 5.75 Å². The largest absolute Gasteiger partial charge is 0.497 e. The van der Waals surface area contributed by atoms with Gasteiger partial charge in [-0.1, -0.05) is 34.1 Å². The van der Waals surface area contributed by atoms with E-state index in [1.54, 1.807) is 7.11 Å². The molecule has 3 rings (SSSR count). The normalized spacial score (nSPS) is 18.3. The first-order valence-corrected chi connectivity index (χ1v) is 8.08. The van der Waals surface area contributed by atoms with Crippen molar-refractivity contribution in [3.8, 4) is 5.75 Å².